The van der Waals surface area contributed by atoms with E-state index in [1.165, 1.54) is 23.8 Å². The second-order valence-corrected chi connectivity index (χ2v) is 7.61. The highest BCUT2D eigenvalue weighted by Crippen LogP contribution is 2.27. The zero-order valence-electron chi connectivity index (χ0n) is 15.4. The molecule has 0 N–H and O–H groups in total. The molecule has 5 heteroatoms. The van der Waals surface area contributed by atoms with E-state index in [0.29, 0.717) is 22.2 Å². The minimum absolute atomic E-state index is 0.161. The Morgan fingerprint density at radius 2 is 1.81 bits per heavy atom. The summed E-state index contributed by atoms with van der Waals surface area (Å²) in [5, 5.41) is 0.578. The molecule has 136 valence electrons. The van der Waals surface area contributed by atoms with Crippen LogP contribution < -0.4 is 5.56 Å². The van der Waals surface area contributed by atoms with Gasteiger partial charge in [-0.15, -0.1) is 0 Å². The number of benzene rings is 2. The standard InChI is InChI=1S/C22H21N3O2/c1-14-5-8-19-17(11-14)20(26)21-23-18-7-6-15(12-16(18)22(27)25(19)21)13-24-9-3-2-4-10-24/h5-8,11-12H,2-4,9-10,13H2,1H3. The van der Waals surface area contributed by atoms with E-state index in [2.05, 4.69) is 9.88 Å². The Hall–Kier alpha value is -2.79. The summed E-state index contributed by atoms with van der Waals surface area (Å²) in [6.45, 7) is 5.02. The molecule has 0 spiro atoms. The molecule has 0 bridgehead atoms. The van der Waals surface area contributed by atoms with Gasteiger partial charge in [0.15, 0.2) is 5.82 Å². The topological polar surface area (TPSA) is 55.2 Å². The Labute approximate surface area is 157 Å². The van der Waals surface area contributed by atoms with Crippen molar-refractivity contribution < 1.29 is 4.79 Å². The molecule has 5 nitrogen and oxygen atoms in total. The average Bonchev–Trinajstić information content (AvgIpc) is 2.95. The molecule has 1 saturated heterocycles. The molecule has 2 aromatic carbocycles. The molecular formula is C22H21N3O2. The van der Waals surface area contributed by atoms with Crippen LogP contribution in [0.15, 0.2) is 41.2 Å². The number of likely N-dealkylation sites (tertiary alicyclic amines) is 1. The van der Waals surface area contributed by atoms with Crippen molar-refractivity contribution in [2.24, 2.45) is 0 Å². The molecule has 3 heterocycles. The number of carbonyl (C=O) groups excluding carboxylic acids is 1. The Kier molecular flexibility index (Phi) is 3.72. The van der Waals surface area contributed by atoms with Gasteiger partial charge in [-0.1, -0.05) is 24.1 Å². The number of aromatic nitrogens is 2. The Morgan fingerprint density at radius 3 is 2.63 bits per heavy atom. The van der Waals surface area contributed by atoms with E-state index in [1.807, 2.05) is 43.3 Å². The summed E-state index contributed by atoms with van der Waals surface area (Å²) in [7, 11) is 0. The molecule has 27 heavy (non-hydrogen) atoms. The van der Waals surface area contributed by atoms with E-state index < -0.39 is 0 Å². The molecule has 0 atom stereocenters. The Balaban J connectivity index is 1.63. The minimum Gasteiger partial charge on any atom is -0.299 e. The van der Waals surface area contributed by atoms with Crippen molar-refractivity contribution in [3.63, 3.8) is 0 Å². The van der Waals surface area contributed by atoms with Crippen LogP contribution in [0.1, 0.15) is 46.6 Å². The first-order valence-corrected chi connectivity index (χ1v) is 9.55. The third-order valence-electron chi connectivity index (χ3n) is 5.63. The molecule has 3 aromatic rings. The van der Waals surface area contributed by atoms with Crippen LogP contribution >= 0.6 is 0 Å². The summed E-state index contributed by atoms with van der Waals surface area (Å²) >= 11 is 0. The number of ketones is 1. The minimum atomic E-state index is -0.176. The van der Waals surface area contributed by atoms with Crippen LogP contribution in [0.25, 0.3) is 16.6 Å². The third kappa shape index (κ3) is 2.61. The molecule has 0 radical (unpaired) electrons. The van der Waals surface area contributed by atoms with Crippen molar-refractivity contribution in [2.45, 2.75) is 32.7 Å². The summed E-state index contributed by atoms with van der Waals surface area (Å²) < 4.78 is 1.48. The fourth-order valence-electron chi connectivity index (χ4n) is 4.23. The van der Waals surface area contributed by atoms with Gasteiger partial charge in [-0.05, 0) is 62.7 Å². The lowest BCUT2D eigenvalue weighted by atomic mass is 10.1. The lowest BCUT2D eigenvalue weighted by Gasteiger charge is -2.26. The molecule has 5 rings (SSSR count). The van der Waals surface area contributed by atoms with E-state index in [-0.39, 0.29) is 17.2 Å². The molecule has 2 aliphatic heterocycles. The largest absolute Gasteiger partial charge is 0.299 e. The highest BCUT2D eigenvalue weighted by Gasteiger charge is 2.30. The van der Waals surface area contributed by atoms with E-state index in [9.17, 15) is 9.59 Å². The number of nitrogens with zero attached hydrogens (tertiary/aromatic N) is 3. The van der Waals surface area contributed by atoms with E-state index in [4.69, 9.17) is 0 Å². The van der Waals surface area contributed by atoms with Gasteiger partial charge < -0.3 is 0 Å². The fourth-order valence-corrected chi connectivity index (χ4v) is 4.23. The van der Waals surface area contributed by atoms with Gasteiger partial charge >= 0.3 is 0 Å². The molecule has 1 aromatic heterocycles. The highest BCUT2D eigenvalue weighted by atomic mass is 16.1. The first-order chi connectivity index (χ1) is 13.1. The molecule has 0 unspecified atom stereocenters. The quantitative estimate of drug-likeness (QED) is 0.551. The molecule has 0 aliphatic carbocycles. The van der Waals surface area contributed by atoms with Crippen molar-refractivity contribution in [1.82, 2.24) is 14.5 Å². The number of aryl methyl sites for hydroxylation is 1. The first kappa shape index (κ1) is 16.4. The smallest absolute Gasteiger partial charge is 0.266 e. The predicted octanol–water partition coefficient (Wildman–Crippen LogP) is 3.22. The zero-order valence-corrected chi connectivity index (χ0v) is 15.4. The highest BCUT2D eigenvalue weighted by molar-refractivity contribution is 6.13. The van der Waals surface area contributed by atoms with Gasteiger partial charge in [-0.2, -0.15) is 0 Å². The van der Waals surface area contributed by atoms with Crippen LogP contribution in [0, 0.1) is 6.92 Å². The van der Waals surface area contributed by atoms with Crippen molar-refractivity contribution in [3.8, 4) is 5.69 Å². The maximum absolute atomic E-state index is 13.2. The fraction of sp³-hybridized carbons (Fsp3) is 0.318. The van der Waals surface area contributed by atoms with Gasteiger partial charge in [-0.25, -0.2) is 4.98 Å². The number of piperidine rings is 1. The Morgan fingerprint density at radius 1 is 1.00 bits per heavy atom. The predicted molar refractivity (Wildman–Crippen MR) is 105 cm³/mol. The normalized spacial score (nSPS) is 16.6. The summed E-state index contributed by atoms with van der Waals surface area (Å²) in [5.41, 5.74) is 3.75. The molecule has 2 aliphatic rings. The summed E-state index contributed by atoms with van der Waals surface area (Å²) in [6, 6.07) is 11.4. The number of fused-ring (bicyclic) bond motifs is 4. The number of carbonyl (C=O) groups is 1. The average molecular weight is 359 g/mol. The zero-order chi connectivity index (χ0) is 18.5. The second-order valence-electron chi connectivity index (χ2n) is 7.61. The van der Waals surface area contributed by atoms with Crippen LogP contribution in [-0.4, -0.2) is 33.3 Å². The molecule has 1 fully saturated rings. The van der Waals surface area contributed by atoms with Gasteiger partial charge in [0.25, 0.3) is 5.56 Å². The molecule has 0 amide bonds. The van der Waals surface area contributed by atoms with Crippen LogP contribution in [0.3, 0.4) is 0 Å². The summed E-state index contributed by atoms with van der Waals surface area (Å²) in [6.07, 6.45) is 3.78. The monoisotopic (exact) mass is 359 g/mol. The number of hydrogen-bond acceptors (Lipinski definition) is 4. The van der Waals surface area contributed by atoms with Crippen LogP contribution in [0.2, 0.25) is 0 Å². The maximum atomic E-state index is 13.2. The maximum Gasteiger partial charge on any atom is 0.266 e. The van der Waals surface area contributed by atoms with Gasteiger partial charge in [0, 0.05) is 6.54 Å². The lowest BCUT2D eigenvalue weighted by molar-refractivity contribution is 0.103. The molecule has 0 saturated carbocycles. The number of hydrogen-bond donors (Lipinski definition) is 0. The van der Waals surface area contributed by atoms with Crippen LogP contribution in [0.4, 0.5) is 0 Å². The first-order valence-electron chi connectivity index (χ1n) is 9.55. The summed E-state index contributed by atoms with van der Waals surface area (Å²) in [5.74, 6) is 0.0435. The van der Waals surface area contributed by atoms with Gasteiger partial charge in [0.05, 0.1) is 22.2 Å². The van der Waals surface area contributed by atoms with Crippen molar-refractivity contribution in [1.29, 1.82) is 0 Å². The summed E-state index contributed by atoms with van der Waals surface area (Å²) in [4.78, 5) is 32.9. The second kappa shape index (κ2) is 6.13. The van der Waals surface area contributed by atoms with Gasteiger partial charge in [0.2, 0.25) is 5.78 Å². The lowest BCUT2D eigenvalue weighted by Crippen LogP contribution is -2.29. The van der Waals surface area contributed by atoms with Crippen LogP contribution in [-0.2, 0) is 6.54 Å². The third-order valence-corrected chi connectivity index (χ3v) is 5.63. The van der Waals surface area contributed by atoms with E-state index >= 15 is 0 Å². The Bertz CT molecular complexity index is 1140. The molecular weight excluding hydrogens is 338 g/mol. The SMILES string of the molecule is Cc1ccc2c(c1)C(=O)c1nc3ccc(CN4CCCCC4)cc3c(=O)n1-2. The van der Waals surface area contributed by atoms with Gasteiger partial charge in [0.1, 0.15) is 0 Å². The van der Waals surface area contributed by atoms with Crippen molar-refractivity contribution in [3.05, 3.63) is 69.3 Å². The van der Waals surface area contributed by atoms with Crippen molar-refractivity contribution >= 4 is 16.7 Å². The van der Waals surface area contributed by atoms with Gasteiger partial charge in [-0.3, -0.25) is 19.1 Å². The van der Waals surface area contributed by atoms with Crippen LogP contribution in [0.5, 0.6) is 0 Å². The van der Waals surface area contributed by atoms with Crippen molar-refractivity contribution in [2.75, 3.05) is 13.1 Å². The number of rotatable bonds is 2. The van der Waals surface area contributed by atoms with E-state index in [1.54, 1.807) is 0 Å². The van der Waals surface area contributed by atoms with E-state index in [0.717, 1.165) is 30.8 Å².